The Balaban J connectivity index is 1.15. The van der Waals surface area contributed by atoms with Crippen LogP contribution in [0.15, 0.2) is 60.1 Å². The van der Waals surface area contributed by atoms with E-state index in [2.05, 4.69) is 20.9 Å². The van der Waals surface area contributed by atoms with Gasteiger partial charge in [-0.2, -0.15) is 13.2 Å². The van der Waals surface area contributed by atoms with Gasteiger partial charge in [0, 0.05) is 23.7 Å². The van der Waals surface area contributed by atoms with Crippen LogP contribution in [-0.4, -0.2) is 16.9 Å². The van der Waals surface area contributed by atoms with Gasteiger partial charge in [0.15, 0.2) is 0 Å². The molecule has 37 heavy (non-hydrogen) atoms. The Morgan fingerprint density at radius 2 is 1.95 bits per heavy atom. The van der Waals surface area contributed by atoms with Crippen LogP contribution >= 0.6 is 0 Å². The minimum atomic E-state index is -4.68. The average molecular weight is 512 g/mol. The van der Waals surface area contributed by atoms with E-state index >= 15 is 0 Å². The summed E-state index contributed by atoms with van der Waals surface area (Å²) in [6.07, 6.45) is -2.34. The number of nitrogens with one attached hydrogen (secondary N) is 3. The average Bonchev–Trinajstić information content (AvgIpc) is 3.35. The molecule has 0 fully saturated rings. The van der Waals surface area contributed by atoms with Crippen LogP contribution in [0, 0.1) is 5.82 Å². The van der Waals surface area contributed by atoms with Gasteiger partial charge in [0.25, 0.3) is 0 Å². The van der Waals surface area contributed by atoms with E-state index in [-0.39, 0.29) is 11.8 Å². The van der Waals surface area contributed by atoms with E-state index in [4.69, 9.17) is 9.47 Å². The third-order valence-corrected chi connectivity index (χ3v) is 6.14. The van der Waals surface area contributed by atoms with E-state index in [0.29, 0.717) is 65.6 Å². The van der Waals surface area contributed by atoms with Crippen LogP contribution in [0.25, 0.3) is 0 Å². The number of carbonyl (C=O) groups excluding carboxylic acids is 2. The molecule has 0 unspecified atom stereocenters. The third kappa shape index (κ3) is 4.20. The Hall–Kier alpha value is -4.61. The number of fused-ring (bicyclic) bond motifs is 4. The lowest BCUT2D eigenvalue weighted by atomic mass is 10.1. The highest BCUT2D eigenvalue weighted by Crippen LogP contribution is 2.56. The number of anilines is 2. The number of urea groups is 1. The molecule has 3 aliphatic rings. The van der Waals surface area contributed by atoms with Crippen molar-refractivity contribution in [3.63, 3.8) is 0 Å². The molecule has 0 bridgehead atoms. The molecule has 2 aromatic carbocycles. The Labute approximate surface area is 206 Å². The highest BCUT2D eigenvalue weighted by Gasteiger charge is 2.49. The summed E-state index contributed by atoms with van der Waals surface area (Å²) >= 11 is 0. The highest BCUT2D eigenvalue weighted by atomic mass is 19.4. The number of ether oxygens (including phenoxy) is 2. The molecule has 3 heterocycles. The van der Waals surface area contributed by atoms with Crippen molar-refractivity contribution in [2.75, 3.05) is 10.6 Å². The summed E-state index contributed by atoms with van der Waals surface area (Å²) in [5.41, 5.74) is 0.238. The van der Waals surface area contributed by atoms with Crippen LogP contribution in [0.2, 0.25) is 0 Å². The lowest BCUT2D eigenvalue weighted by Gasteiger charge is -2.19. The smallest absolute Gasteiger partial charge is 0.416 e. The van der Waals surface area contributed by atoms with Gasteiger partial charge in [0.05, 0.1) is 22.9 Å². The molecule has 1 atom stereocenters. The minimum absolute atomic E-state index is 0.112. The zero-order chi connectivity index (χ0) is 25.9. The second kappa shape index (κ2) is 8.22. The van der Waals surface area contributed by atoms with Crippen molar-refractivity contribution in [3.05, 3.63) is 82.6 Å². The van der Waals surface area contributed by atoms with Gasteiger partial charge in [-0.25, -0.2) is 14.2 Å². The van der Waals surface area contributed by atoms with Crippen LogP contribution in [0.4, 0.5) is 33.9 Å². The third-order valence-electron chi connectivity index (χ3n) is 6.14. The predicted molar refractivity (Wildman–Crippen MR) is 122 cm³/mol. The van der Waals surface area contributed by atoms with Crippen molar-refractivity contribution in [3.8, 4) is 17.2 Å². The van der Waals surface area contributed by atoms with E-state index < -0.39 is 29.3 Å². The summed E-state index contributed by atoms with van der Waals surface area (Å²) in [4.78, 5) is 28.2. The van der Waals surface area contributed by atoms with Gasteiger partial charge in [-0.15, -0.1) is 0 Å². The quantitative estimate of drug-likeness (QED) is 0.404. The second-order valence-corrected chi connectivity index (χ2v) is 8.57. The largest absolute Gasteiger partial charge is 0.458 e. The molecule has 6 rings (SSSR count). The number of carbonyl (C=O) groups is 2. The summed E-state index contributed by atoms with van der Waals surface area (Å²) in [5, 5.41) is 7.34. The molecule has 3 N–H and O–H groups in total. The van der Waals surface area contributed by atoms with Crippen LogP contribution in [0.5, 0.6) is 17.2 Å². The molecule has 3 amide bonds. The van der Waals surface area contributed by atoms with Crippen LogP contribution in [0.1, 0.15) is 29.0 Å². The molecule has 2 aliphatic heterocycles. The number of rotatable bonds is 4. The minimum Gasteiger partial charge on any atom is -0.458 e. The fourth-order valence-electron chi connectivity index (χ4n) is 4.33. The lowest BCUT2D eigenvalue weighted by molar-refractivity contribution is -0.137. The van der Waals surface area contributed by atoms with E-state index in [1.165, 1.54) is 6.20 Å². The lowest BCUT2D eigenvalue weighted by Crippen LogP contribution is -2.27. The maximum absolute atomic E-state index is 14.0. The standard InChI is InChI=1S/C25H16F4N4O4/c26-15-4-1-11(25(27,28)29)9-16(15)31-24(35)33-21-20-14-10-12(2-5-17(14)37-22(20)21)36-18-7-8-30-23-13(18)3-6-19(34)32-23/h1-2,4-5,7-10,20H,3,6H2,(H,30,32,34)(H2,31,33,35)/t20-/m0/s1. The number of aromatic nitrogens is 1. The highest BCUT2D eigenvalue weighted by molar-refractivity contribution is 5.93. The first-order valence-corrected chi connectivity index (χ1v) is 11.1. The molecule has 1 aliphatic carbocycles. The zero-order valence-corrected chi connectivity index (χ0v) is 18.7. The summed E-state index contributed by atoms with van der Waals surface area (Å²) in [6.45, 7) is 0. The topological polar surface area (TPSA) is 102 Å². The van der Waals surface area contributed by atoms with Crippen molar-refractivity contribution < 1.29 is 36.6 Å². The second-order valence-electron chi connectivity index (χ2n) is 8.57. The van der Waals surface area contributed by atoms with E-state index in [1.54, 1.807) is 24.3 Å². The van der Waals surface area contributed by atoms with Crippen molar-refractivity contribution in [1.29, 1.82) is 0 Å². The molecule has 3 aromatic rings. The molecule has 188 valence electrons. The summed E-state index contributed by atoms with van der Waals surface area (Å²) in [7, 11) is 0. The van der Waals surface area contributed by atoms with Gasteiger partial charge in [0.2, 0.25) is 5.91 Å². The Bertz CT molecular complexity index is 1520. The van der Waals surface area contributed by atoms with E-state index in [1.807, 2.05) is 0 Å². The molecule has 0 radical (unpaired) electrons. The molecular weight excluding hydrogens is 496 g/mol. The van der Waals surface area contributed by atoms with Crippen molar-refractivity contribution in [2.45, 2.75) is 24.9 Å². The molecule has 0 spiro atoms. The van der Waals surface area contributed by atoms with Gasteiger partial charge in [-0.1, -0.05) is 0 Å². The van der Waals surface area contributed by atoms with Crippen molar-refractivity contribution in [2.24, 2.45) is 0 Å². The maximum Gasteiger partial charge on any atom is 0.416 e. The number of amides is 3. The number of benzene rings is 2. The monoisotopic (exact) mass is 512 g/mol. The molecule has 12 heteroatoms. The molecule has 1 aromatic heterocycles. The fourth-order valence-corrected chi connectivity index (χ4v) is 4.33. The van der Waals surface area contributed by atoms with Gasteiger partial charge in [0.1, 0.15) is 34.6 Å². The summed E-state index contributed by atoms with van der Waals surface area (Å²) in [5.74, 6) is 1.09. The van der Waals surface area contributed by atoms with Gasteiger partial charge in [-0.3, -0.25) is 4.79 Å². The first-order valence-electron chi connectivity index (χ1n) is 11.1. The van der Waals surface area contributed by atoms with Gasteiger partial charge >= 0.3 is 12.2 Å². The van der Waals surface area contributed by atoms with Crippen LogP contribution in [-0.2, 0) is 17.4 Å². The first kappa shape index (κ1) is 22.8. The van der Waals surface area contributed by atoms with Gasteiger partial charge in [-0.05, 0) is 48.9 Å². The van der Waals surface area contributed by atoms with Crippen molar-refractivity contribution >= 4 is 23.4 Å². The number of alkyl halides is 3. The zero-order valence-electron chi connectivity index (χ0n) is 18.7. The maximum atomic E-state index is 14.0. The molecule has 0 saturated carbocycles. The molecule has 8 nitrogen and oxygen atoms in total. The van der Waals surface area contributed by atoms with Crippen LogP contribution < -0.4 is 25.4 Å². The number of hydrogen-bond acceptors (Lipinski definition) is 5. The summed E-state index contributed by atoms with van der Waals surface area (Å²) < 4.78 is 64.5. The Kier molecular flexibility index (Phi) is 5.07. The number of pyridine rings is 1. The summed E-state index contributed by atoms with van der Waals surface area (Å²) in [6, 6.07) is 7.74. The normalized spacial score (nSPS) is 17.2. The number of allylic oxidation sites excluding steroid dienone is 2. The SMILES string of the molecule is O=C1CCc2c(Oc3ccc4c(c3)[C@H]3C(NC(=O)Nc5cc(C(F)(F)F)ccc5F)=C3O4)ccnc2N1. The Morgan fingerprint density at radius 1 is 1.11 bits per heavy atom. The molecular formula is C25H16F4N4O4. The Morgan fingerprint density at radius 3 is 2.76 bits per heavy atom. The number of hydrogen-bond donors (Lipinski definition) is 3. The van der Waals surface area contributed by atoms with Gasteiger partial charge < -0.3 is 25.4 Å². The first-order chi connectivity index (χ1) is 17.7. The van der Waals surface area contributed by atoms with E-state index in [9.17, 15) is 27.2 Å². The van der Waals surface area contributed by atoms with E-state index in [0.717, 1.165) is 11.1 Å². The molecule has 0 saturated heterocycles. The fraction of sp³-hybridized carbons (Fsp3) is 0.160. The van der Waals surface area contributed by atoms with Crippen LogP contribution in [0.3, 0.4) is 0 Å². The predicted octanol–water partition coefficient (Wildman–Crippen LogP) is 5.44. The number of nitrogens with zero attached hydrogens (tertiary/aromatic N) is 1. The number of halogens is 4. The van der Waals surface area contributed by atoms with Crippen molar-refractivity contribution in [1.82, 2.24) is 10.3 Å².